The molecule has 1 N–H and O–H groups in total. The molecular weight excluding hydrogens is 240 g/mol. The summed E-state index contributed by atoms with van der Waals surface area (Å²) in [5, 5.41) is 3.79. The summed E-state index contributed by atoms with van der Waals surface area (Å²) in [6.07, 6.45) is 5.85. The van der Waals surface area contributed by atoms with E-state index in [4.69, 9.17) is 0 Å². The molecule has 0 radical (unpaired) electrons. The molecule has 1 aromatic carbocycles. The zero-order valence-corrected chi connectivity index (χ0v) is 11.7. The molecule has 1 unspecified atom stereocenters. The van der Waals surface area contributed by atoms with Crippen LogP contribution in [0.4, 0.5) is 0 Å². The number of rotatable bonds is 3. The second-order valence-corrected chi connectivity index (χ2v) is 6.34. The topological polar surface area (TPSA) is 24.4 Å². The lowest BCUT2D eigenvalue weighted by Gasteiger charge is -2.37. The van der Waals surface area contributed by atoms with Crippen LogP contribution in [0.15, 0.2) is 28.7 Å². The van der Waals surface area contributed by atoms with E-state index in [1.54, 1.807) is 11.9 Å². The van der Waals surface area contributed by atoms with E-state index in [-0.39, 0.29) is 5.54 Å². The predicted molar refractivity (Wildman–Crippen MR) is 79.2 cm³/mol. The first-order valence-corrected chi connectivity index (χ1v) is 7.71. The van der Waals surface area contributed by atoms with Gasteiger partial charge >= 0.3 is 0 Å². The van der Waals surface area contributed by atoms with Gasteiger partial charge in [-0.05, 0) is 49.3 Å². The average molecular weight is 260 g/mol. The van der Waals surface area contributed by atoms with Gasteiger partial charge in [0.2, 0.25) is 0 Å². The Morgan fingerprint density at radius 1 is 1.44 bits per heavy atom. The van der Waals surface area contributed by atoms with Crippen LogP contribution in [0, 0.1) is 5.92 Å². The van der Waals surface area contributed by atoms with Gasteiger partial charge in [-0.25, -0.2) is 4.40 Å². The van der Waals surface area contributed by atoms with E-state index in [2.05, 4.69) is 47.1 Å². The number of nitrogens with zero attached hydrogens (tertiary/aromatic N) is 1. The standard InChI is InChI=1S/C15H20N2S/c1-15(16-9-12-10-17-18-11-12)8-4-6-13-5-2-3-7-14(13)15/h2-3,5,7,10,12,16H,4,6,8-9,11H2,1H3/t12?,15-/m1/s1. The summed E-state index contributed by atoms with van der Waals surface area (Å²) < 4.78 is 4.25. The second-order valence-electron chi connectivity index (χ2n) is 5.53. The van der Waals surface area contributed by atoms with Gasteiger partial charge in [-0.1, -0.05) is 24.3 Å². The van der Waals surface area contributed by atoms with Crippen LogP contribution in [0.25, 0.3) is 0 Å². The van der Waals surface area contributed by atoms with Gasteiger partial charge in [0.25, 0.3) is 0 Å². The van der Waals surface area contributed by atoms with Crippen molar-refractivity contribution < 1.29 is 0 Å². The molecule has 96 valence electrons. The minimum Gasteiger partial charge on any atom is -0.307 e. The third-order valence-corrected chi connectivity index (χ3v) is 4.97. The second kappa shape index (κ2) is 5.06. The maximum Gasteiger partial charge on any atom is 0.0409 e. The molecule has 0 saturated heterocycles. The van der Waals surface area contributed by atoms with Crippen molar-refractivity contribution >= 4 is 18.2 Å². The molecule has 0 aromatic heterocycles. The Hall–Kier alpha value is -0.800. The fourth-order valence-corrected chi connectivity index (χ4v) is 3.75. The van der Waals surface area contributed by atoms with Crippen molar-refractivity contribution in [1.82, 2.24) is 5.32 Å². The van der Waals surface area contributed by atoms with E-state index in [0.717, 1.165) is 12.3 Å². The lowest BCUT2D eigenvalue weighted by molar-refractivity contribution is 0.308. The summed E-state index contributed by atoms with van der Waals surface area (Å²) >= 11 is 1.68. The average Bonchev–Trinajstić information content (AvgIpc) is 2.90. The van der Waals surface area contributed by atoms with Crippen LogP contribution in [-0.4, -0.2) is 18.5 Å². The van der Waals surface area contributed by atoms with Crippen LogP contribution in [0.3, 0.4) is 0 Å². The van der Waals surface area contributed by atoms with Crippen LogP contribution in [0.1, 0.15) is 30.9 Å². The predicted octanol–water partition coefficient (Wildman–Crippen LogP) is 3.18. The molecule has 3 heteroatoms. The molecular formula is C15H20N2S. The molecule has 18 heavy (non-hydrogen) atoms. The fraction of sp³-hybridized carbons (Fsp3) is 0.533. The minimum atomic E-state index is 0.149. The Morgan fingerprint density at radius 2 is 2.33 bits per heavy atom. The van der Waals surface area contributed by atoms with Crippen LogP contribution < -0.4 is 5.32 Å². The molecule has 0 amide bonds. The molecule has 0 saturated carbocycles. The van der Waals surface area contributed by atoms with Crippen LogP contribution in [0.2, 0.25) is 0 Å². The maximum absolute atomic E-state index is 4.25. The Bertz CT molecular complexity index is 458. The summed E-state index contributed by atoms with van der Waals surface area (Å²) in [7, 11) is 0. The van der Waals surface area contributed by atoms with Crippen molar-refractivity contribution in [1.29, 1.82) is 0 Å². The Kier molecular flexibility index (Phi) is 3.44. The van der Waals surface area contributed by atoms with E-state index >= 15 is 0 Å². The van der Waals surface area contributed by atoms with Crippen molar-refractivity contribution in [3.63, 3.8) is 0 Å². The number of hydrogen-bond donors (Lipinski definition) is 1. The van der Waals surface area contributed by atoms with Gasteiger partial charge in [0.15, 0.2) is 0 Å². The number of hydrogen-bond acceptors (Lipinski definition) is 3. The van der Waals surface area contributed by atoms with Crippen molar-refractivity contribution in [3.05, 3.63) is 35.4 Å². The summed E-state index contributed by atoms with van der Waals surface area (Å²) in [5.74, 6) is 1.73. The van der Waals surface area contributed by atoms with Gasteiger partial charge in [0.1, 0.15) is 0 Å². The van der Waals surface area contributed by atoms with E-state index < -0.39 is 0 Å². The largest absolute Gasteiger partial charge is 0.307 e. The van der Waals surface area contributed by atoms with Crippen molar-refractivity contribution in [2.24, 2.45) is 10.3 Å². The van der Waals surface area contributed by atoms with Crippen LogP contribution in [-0.2, 0) is 12.0 Å². The first-order valence-electron chi connectivity index (χ1n) is 6.77. The summed E-state index contributed by atoms with van der Waals surface area (Å²) in [5.41, 5.74) is 3.17. The molecule has 1 heterocycles. The molecule has 2 atom stereocenters. The highest BCUT2D eigenvalue weighted by Gasteiger charge is 2.31. The van der Waals surface area contributed by atoms with E-state index in [1.807, 2.05) is 0 Å². The van der Waals surface area contributed by atoms with Crippen molar-refractivity contribution in [2.45, 2.75) is 31.7 Å². The molecule has 0 bridgehead atoms. The van der Waals surface area contributed by atoms with Gasteiger partial charge in [-0.3, -0.25) is 0 Å². The van der Waals surface area contributed by atoms with Gasteiger partial charge in [-0.2, -0.15) is 0 Å². The molecule has 1 aliphatic carbocycles. The smallest absolute Gasteiger partial charge is 0.0409 e. The minimum absolute atomic E-state index is 0.149. The zero-order valence-electron chi connectivity index (χ0n) is 10.9. The molecule has 2 aliphatic rings. The normalized spacial score (nSPS) is 30.4. The molecule has 1 aliphatic heterocycles. The first-order chi connectivity index (χ1) is 8.78. The highest BCUT2D eigenvalue weighted by atomic mass is 32.2. The van der Waals surface area contributed by atoms with E-state index in [0.29, 0.717) is 5.92 Å². The molecule has 0 spiro atoms. The lowest BCUT2D eigenvalue weighted by atomic mass is 9.77. The van der Waals surface area contributed by atoms with Crippen molar-refractivity contribution in [2.75, 3.05) is 12.3 Å². The molecule has 1 aromatic rings. The third kappa shape index (κ3) is 2.34. The number of aryl methyl sites for hydroxylation is 1. The highest BCUT2D eigenvalue weighted by molar-refractivity contribution is 7.98. The molecule has 0 fully saturated rings. The van der Waals surface area contributed by atoms with E-state index in [1.165, 1.54) is 30.4 Å². The van der Waals surface area contributed by atoms with Gasteiger partial charge in [0, 0.05) is 30.0 Å². The quantitative estimate of drug-likeness (QED) is 0.844. The zero-order chi connectivity index (χ0) is 12.4. The van der Waals surface area contributed by atoms with Gasteiger partial charge < -0.3 is 5.32 Å². The lowest BCUT2D eigenvalue weighted by Crippen LogP contribution is -2.44. The summed E-state index contributed by atoms with van der Waals surface area (Å²) in [4.78, 5) is 0. The molecule has 2 nitrogen and oxygen atoms in total. The summed E-state index contributed by atoms with van der Waals surface area (Å²) in [6.45, 7) is 3.39. The highest BCUT2D eigenvalue weighted by Crippen LogP contribution is 2.35. The first kappa shape index (κ1) is 12.2. The number of fused-ring (bicyclic) bond motifs is 1. The Morgan fingerprint density at radius 3 is 3.17 bits per heavy atom. The number of nitrogens with one attached hydrogen (secondary N) is 1. The maximum atomic E-state index is 4.25. The van der Waals surface area contributed by atoms with Gasteiger partial charge in [-0.15, -0.1) is 0 Å². The Balaban J connectivity index is 1.75. The number of benzene rings is 1. The van der Waals surface area contributed by atoms with Crippen molar-refractivity contribution in [3.8, 4) is 0 Å². The monoisotopic (exact) mass is 260 g/mol. The fourth-order valence-electron chi connectivity index (χ4n) is 3.01. The molecule has 3 rings (SSSR count). The Labute approximate surface area is 113 Å². The third-order valence-electron chi connectivity index (χ3n) is 4.12. The van der Waals surface area contributed by atoms with Crippen LogP contribution >= 0.6 is 11.9 Å². The van der Waals surface area contributed by atoms with Gasteiger partial charge in [0.05, 0.1) is 0 Å². The van der Waals surface area contributed by atoms with Crippen LogP contribution in [0.5, 0.6) is 0 Å². The summed E-state index contributed by atoms with van der Waals surface area (Å²) in [6, 6.07) is 8.89. The van der Waals surface area contributed by atoms with E-state index in [9.17, 15) is 0 Å². The SMILES string of the molecule is C[C@@]1(NCC2C=NSC2)CCCc2ccccc21.